The van der Waals surface area contributed by atoms with Gasteiger partial charge in [-0.3, -0.25) is 4.90 Å². The topological polar surface area (TPSA) is 45.6 Å². The number of hydrogen-bond donors (Lipinski definition) is 1. The summed E-state index contributed by atoms with van der Waals surface area (Å²) >= 11 is 0. The molecule has 0 saturated carbocycles. The van der Waals surface area contributed by atoms with Gasteiger partial charge in [0.05, 0.1) is 6.54 Å². The van der Waals surface area contributed by atoms with Gasteiger partial charge in [-0.2, -0.15) is 0 Å². The summed E-state index contributed by atoms with van der Waals surface area (Å²) < 4.78 is 5.72. The molecule has 4 heteroatoms. The van der Waals surface area contributed by atoms with E-state index in [1.54, 1.807) is 0 Å². The molecule has 0 aromatic carbocycles. The fraction of sp³-hybridized carbons (Fsp3) is 0.750. The van der Waals surface area contributed by atoms with E-state index in [1.807, 2.05) is 13.0 Å². The minimum atomic E-state index is 0.116. The molecule has 2 rings (SSSR count). The van der Waals surface area contributed by atoms with Crippen LogP contribution < -0.4 is 5.73 Å². The van der Waals surface area contributed by atoms with E-state index in [-0.39, 0.29) is 5.54 Å². The maximum absolute atomic E-state index is 6.16. The largest absolute Gasteiger partial charge is 0.465 e. The summed E-state index contributed by atoms with van der Waals surface area (Å²) in [5.74, 6) is 2.02. The van der Waals surface area contributed by atoms with Crippen molar-refractivity contribution in [2.24, 2.45) is 5.73 Å². The Morgan fingerprint density at radius 1 is 1.35 bits per heavy atom. The zero-order valence-corrected chi connectivity index (χ0v) is 13.2. The number of hydrogen-bond acceptors (Lipinski definition) is 4. The first-order chi connectivity index (χ1) is 9.59. The van der Waals surface area contributed by atoms with Crippen molar-refractivity contribution < 1.29 is 4.42 Å². The van der Waals surface area contributed by atoms with E-state index in [1.165, 1.54) is 19.4 Å². The number of furan rings is 1. The molecule has 114 valence electrons. The molecule has 1 aliphatic rings. The molecule has 20 heavy (non-hydrogen) atoms. The predicted octanol–water partition coefficient (Wildman–Crippen LogP) is 2.22. The van der Waals surface area contributed by atoms with Crippen molar-refractivity contribution in [3.8, 4) is 0 Å². The quantitative estimate of drug-likeness (QED) is 0.898. The lowest BCUT2D eigenvalue weighted by atomic mass is 9.88. The third kappa shape index (κ3) is 3.43. The maximum atomic E-state index is 6.16. The van der Waals surface area contributed by atoms with E-state index in [2.05, 4.69) is 29.8 Å². The van der Waals surface area contributed by atoms with Crippen LogP contribution in [0.1, 0.15) is 37.7 Å². The lowest BCUT2D eigenvalue weighted by Gasteiger charge is -2.40. The van der Waals surface area contributed by atoms with Crippen molar-refractivity contribution in [2.45, 2.75) is 45.2 Å². The van der Waals surface area contributed by atoms with E-state index >= 15 is 0 Å². The monoisotopic (exact) mass is 279 g/mol. The van der Waals surface area contributed by atoms with Gasteiger partial charge >= 0.3 is 0 Å². The Kier molecular flexibility index (Phi) is 5.24. The molecular weight excluding hydrogens is 250 g/mol. The Labute approximate surface area is 122 Å². The molecule has 2 N–H and O–H groups in total. The number of rotatable bonds is 5. The highest BCUT2D eigenvalue weighted by Gasteiger charge is 2.35. The first-order valence-electron chi connectivity index (χ1n) is 7.78. The van der Waals surface area contributed by atoms with Crippen LogP contribution in [0.15, 0.2) is 16.5 Å². The Morgan fingerprint density at radius 2 is 2.15 bits per heavy atom. The molecule has 0 spiro atoms. The van der Waals surface area contributed by atoms with Crippen LogP contribution in [0.4, 0.5) is 0 Å². The molecule has 0 bridgehead atoms. The number of aryl methyl sites for hydroxylation is 1. The summed E-state index contributed by atoms with van der Waals surface area (Å²) in [7, 11) is 2.19. The summed E-state index contributed by atoms with van der Waals surface area (Å²) in [4.78, 5) is 4.94. The third-order valence-electron chi connectivity index (χ3n) is 4.84. The Bertz CT molecular complexity index is 418. The lowest BCUT2D eigenvalue weighted by molar-refractivity contribution is 0.0918. The zero-order chi connectivity index (χ0) is 14.6. The molecule has 4 nitrogen and oxygen atoms in total. The Morgan fingerprint density at radius 3 is 2.75 bits per heavy atom. The lowest BCUT2D eigenvalue weighted by Crippen LogP contribution is -2.52. The number of likely N-dealkylation sites (tertiary alicyclic amines) is 1. The van der Waals surface area contributed by atoms with Gasteiger partial charge < -0.3 is 15.1 Å². The summed E-state index contributed by atoms with van der Waals surface area (Å²) in [5, 5.41) is 0. The molecule has 0 aliphatic carbocycles. The van der Waals surface area contributed by atoms with Gasteiger partial charge in [0.25, 0.3) is 0 Å². The minimum Gasteiger partial charge on any atom is -0.465 e. The first-order valence-corrected chi connectivity index (χ1v) is 7.78. The summed E-state index contributed by atoms with van der Waals surface area (Å²) in [6.45, 7) is 9.29. The van der Waals surface area contributed by atoms with Crippen LogP contribution in [0, 0.1) is 6.92 Å². The van der Waals surface area contributed by atoms with Crippen molar-refractivity contribution in [3.05, 3.63) is 23.7 Å². The number of nitrogens with zero attached hydrogens (tertiary/aromatic N) is 2. The van der Waals surface area contributed by atoms with Crippen LogP contribution in [0.3, 0.4) is 0 Å². The van der Waals surface area contributed by atoms with Crippen LogP contribution >= 0.6 is 0 Å². The molecule has 1 unspecified atom stereocenters. The molecule has 2 heterocycles. The summed E-state index contributed by atoms with van der Waals surface area (Å²) in [5.41, 5.74) is 6.28. The second-order valence-corrected chi connectivity index (χ2v) is 6.08. The molecule has 1 saturated heterocycles. The van der Waals surface area contributed by atoms with E-state index in [4.69, 9.17) is 10.2 Å². The number of nitrogens with two attached hydrogens (primary N) is 1. The van der Waals surface area contributed by atoms with Gasteiger partial charge in [-0.15, -0.1) is 0 Å². The Hall–Kier alpha value is -0.840. The van der Waals surface area contributed by atoms with Crippen LogP contribution in [0.2, 0.25) is 0 Å². The third-order valence-corrected chi connectivity index (χ3v) is 4.84. The molecule has 1 aromatic heterocycles. The molecule has 0 radical (unpaired) electrons. The Balaban J connectivity index is 2.05. The molecule has 1 atom stereocenters. The van der Waals surface area contributed by atoms with E-state index < -0.39 is 0 Å². The fourth-order valence-electron chi connectivity index (χ4n) is 3.26. The highest BCUT2D eigenvalue weighted by atomic mass is 16.3. The fourth-order valence-corrected chi connectivity index (χ4v) is 3.26. The van der Waals surface area contributed by atoms with Crippen molar-refractivity contribution in [1.82, 2.24) is 9.80 Å². The van der Waals surface area contributed by atoms with Gasteiger partial charge in [0.15, 0.2) is 0 Å². The number of likely N-dealkylation sites (N-methyl/N-ethyl adjacent to an activating group) is 1. The van der Waals surface area contributed by atoms with E-state index in [0.717, 1.165) is 44.1 Å². The zero-order valence-electron chi connectivity index (χ0n) is 13.2. The van der Waals surface area contributed by atoms with Crippen molar-refractivity contribution in [3.63, 3.8) is 0 Å². The van der Waals surface area contributed by atoms with Crippen molar-refractivity contribution in [1.29, 1.82) is 0 Å². The van der Waals surface area contributed by atoms with Crippen molar-refractivity contribution >= 4 is 0 Å². The minimum absolute atomic E-state index is 0.116. The van der Waals surface area contributed by atoms with Gasteiger partial charge in [0, 0.05) is 12.1 Å². The normalized spacial score (nSPS) is 25.1. The SMILES string of the molecule is CCN1CCCC(CN)(N(C)Cc2ccc(C)o2)CC1. The van der Waals surface area contributed by atoms with Crippen LogP contribution in [-0.2, 0) is 6.54 Å². The van der Waals surface area contributed by atoms with E-state index in [9.17, 15) is 0 Å². The van der Waals surface area contributed by atoms with E-state index in [0.29, 0.717) is 0 Å². The van der Waals surface area contributed by atoms with Crippen molar-refractivity contribution in [2.75, 3.05) is 33.2 Å². The predicted molar refractivity (Wildman–Crippen MR) is 82.7 cm³/mol. The second-order valence-electron chi connectivity index (χ2n) is 6.08. The standard InChI is InChI=1S/C16H29N3O/c1-4-19-10-5-8-16(13-17,9-11-19)18(3)12-15-7-6-14(2)20-15/h6-7H,4-5,8-13,17H2,1-3H3. The smallest absolute Gasteiger partial charge is 0.118 e. The highest BCUT2D eigenvalue weighted by Crippen LogP contribution is 2.28. The van der Waals surface area contributed by atoms with Crippen LogP contribution in [0.5, 0.6) is 0 Å². The van der Waals surface area contributed by atoms with Gasteiger partial charge in [-0.1, -0.05) is 6.92 Å². The van der Waals surface area contributed by atoms with Gasteiger partial charge in [-0.05, 0) is 65.0 Å². The van der Waals surface area contributed by atoms with Crippen LogP contribution in [-0.4, -0.2) is 48.6 Å². The molecule has 1 fully saturated rings. The summed E-state index contributed by atoms with van der Waals surface area (Å²) in [6.07, 6.45) is 3.55. The molecule has 1 aromatic rings. The molecule has 1 aliphatic heterocycles. The maximum Gasteiger partial charge on any atom is 0.118 e. The average Bonchev–Trinajstić information content (AvgIpc) is 2.74. The first kappa shape index (κ1) is 15.5. The van der Waals surface area contributed by atoms with Gasteiger partial charge in [0.1, 0.15) is 11.5 Å². The summed E-state index contributed by atoms with van der Waals surface area (Å²) in [6, 6.07) is 4.11. The van der Waals surface area contributed by atoms with Crippen LogP contribution in [0.25, 0.3) is 0 Å². The second kappa shape index (κ2) is 6.74. The van der Waals surface area contributed by atoms with Gasteiger partial charge in [-0.25, -0.2) is 0 Å². The van der Waals surface area contributed by atoms with Gasteiger partial charge in [0.2, 0.25) is 0 Å². The molecule has 0 amide bonds. The highest BCUT2D eigenvalue weighted by molar-refractivity contribution is 5.06. The molecular formula is C16H29N3O. The average molecular weight is 279 g/mol.